The molecular formula is C22H32ClN5O7S. The summed E-state index contributed by atoms with van der Waals surface area (Å²) in [7, 11) is 0.633. The number of likely N-dealkylation sites (N-methyl/N-ethyl adjacent to an activating group) is 2. The molecule has 0 bridgehead atoms. The number of aliphatic hydroxyl groups excluding tert-OH is 1. The molecular weight excluding hydrogens is 514 g/mol. The van der Waals surface area contributed by atoms with E-state index in [1.54, 1.807) is 0 Å². The highest BCUT2D eigenvalue weighted by molar-refractivity contribution is 7.80. The Hall–Kier alpha value is -2.68. The lowest BCUT2D eigenvalue weighted by atomic mass is 10.2. The number of aliphatic hydroxyl groups is 1. The van der Waals surface area contributed by atoms with Gasteiger partial charge in [-0.05, 0) is 44.2 Å². The Balaban J connectivity index is 0.000000960. The number of azo groups is 1. The molecule has 200 valence electrons. The van der Waals surface area contributed by atoms with E-state index < -0.39 is 15.3 Å². The number of hydrogen-bond donors (Lipinski definition) is 1. The Bertz CT molecular complexity index is 1130. The number of hydrogen-bond acceptors (Lipinski definition) is 10. The molecule has 0 saturated carbocycles. The number of anilines is 1. The van der Waals surface area contributed by atoms with E-state index in [0.717, 1.165) is 36.9 Å². The lowest BCUT2D eigenvalue weighted by molar-refractivity contribution is -0.891. The first-order chi connectivity index (χ1) is 16.7. The number of quaternary nitrogens is 1. The Morgan fingerprint density at radius 3 is 2.22 bits per heavy atom. The predicted molar refractivity (Wildman–Crippen MR) is 137 cm³/mol. The molecule has 1 N–H and O–H groups in total. The summed E-state index contributed by atoms with van der Waals surface area (Å²) in [6.07, 6.45) is -0.330. The van der Waals surface area contributed by atoms with Gasteiger partial charge in [0.1, 0.15) is 18.3 Å². The number of rotatable bonds is 11. The summed E-state index contributed by atoms with van der Waals surface area (Å²) < 4.78 is 31.8. The van der Waals surface area contributed by atoms with Crippen molar-refractivity contribution in [3.63, 3.8) is 0 Å². The summed E-state index contributed by atoms with van der Waals surface area (Å²) in [5.74, 6) is 0. The molecule has 2 aromatic rings. The van der Waals surface area contributed by atoms with Crippen molar-refractivity contribution >= 4 is 44.7 Å². The third-order valence-electron chi connectivity index (χ3n) is 4.95. The fourth-order valence-corrected chi connectivity index (χ4v) is 3.41. The summed E-state index contributed by atoms with van der Waals surface area (Å²) in [5, 5.41) is 28.9. The fraction of sp³-hybridized carbons (Fsp3) is 0.455. The van der Waals surface area contributed by atoms with Crippen molar-refractivity contribution in [2.75, 3.05) is 52.3 Å². The zero-order valence-electron chi connectivity index (χ0n) is 20.9. The van der Waals surface area contributed by atoms with Crippen LogP contribution in [0.4, 0.5) is 22.7 Å². The van der Waals surface area contributed by atoms with Crippen molar-refractivity contribution in [2.24, 2.45) is 10.2 Å². The van der Waals surface area contributed by atoms with Gasteiger partial charge >= 0.3 is 0 Å². The molecule has 0 aliphatic carbocycles. The quantitative estimate of drug-likeness (QED) is 0.111. The van der Waals surface area contributed by atoms with Crippen LogP contribution in [-0.4, -0.2) is 81.0 Å². The topological polar surface area (TPSA) is 158 Å². The van der Waals surface area contributed by atoms with Gasteiger partial charge in [0.2, 0.25) is 10.4 Å². The Morgan fingerprint density at radius 1 is 1.19 bits per heavy atom. The molecule has 1 atom stereocenters. The van der Waals surface area contributed by atoms with Crippen LogP contribution in [0, 0.1) is 10.1 Å². The molecule has 14 heteroatoms. The van der Waals surface area contributed by atoms with E-state index in [1.807, 2.05) is 31.2 Å². The number of halogens is 1. The number of nitro groups is 1. The number of benzene rings is 2. The van der Waals surface area contributed by atoms with Gasteiger partial charge in [-0.1, -0.05) is 11.6 Å². The largest absolute Gasteiger partial charge is 0.726 e. The summed E-state index contributed by atoms with van der Waals surface area (Å²) in [6.45, 7) is 7.29. The van der Waals surface area contributed by atoms with E-state index in [4.69, 9.17) is 11.6 Å². The molecule has 0 fully saturated rings. The van der Waals surface area contributed by atoms with E-state index in [2.05, 4.69) is 40.3 Å². The smallest absolute Gasteiger partial charge is 0.271 e. The molecule has 1 unspecified atom stereocenters. The highest BCUT2D eigenvalue weighted by Crippen LogP contribution is 2.30. The van der Waals surface area contributed by atoms with Crippen LogP contribution in [0.2, 0.25) is 5.02 Å². The highest BCUT2D eigenvalue weighted by Gasteiger charge is 2.19. The second-order valence-electron chi connectivity index (χ2n) is 8.45. The Morgan fingerprint density at radius 2 is 1.78 bits per heavy atom. The predicted octanol–water partition coefficient (Wildman–Crippen LogP) is 4.04. The molecule has 0 heterocycles. The number of nitro benzene ring substituents is 1. The van der Waals surface area contributed by atoms with Crippen molar-refractivity contribution < 1.29 is 31.7 Å². The molecule has 0 aliphatic heterocycles. The average Bonchev–Trinajstić information content (AvgIpc) is 2.78. The minimum absolute atomic E-state index is 0.0850. The molecule has 0 radical (unpaired) electrons. The molecule has 0 aromatic heterocycles. The van der Waals surface area contributed by atoms with Crippen molar-refractivity contribution in [1.82, 2.24) is 0 Å². The lowest BCUT2D eigenvalue weighted by Crippen LogP contribution is -2.49. The third-order valence-corrected chi connectivity index (χ3v) is 5.66. The van der Waals surface area contributed by atoms with E-state index >= 15 is 0 Å². The summed E-state index contributed by atoms with van der Waals surface area (Å²) >= 11 is 6.05. The molecule has 2 rings (SSSR count). The second kappa shape index (κ2) is 14.2. The lowest BCUT2D eigenvalue weighted by Gasteiger charge is -2.34. The molecule has 0 saturated heterocycles. The zero-order chi connectivity index (χ0) is 27.5. The van der Waals surface area contributed by atoms with Gasteiger partial charge in [-0.25, -0.2) is 8.42 Å². The van der Waals surface area contributed by atoms with Gasteiger partial charge in [-0.15, -0.1) is 5.11 Å². The normalized spacial score (nSPS) is 12.7. The minimum Gasteiger partial charge on any atom is -0.726 e. The maximum absolute atomic E-state index is 10.8. The minimum atomic E-state index is -4.41. The standard InChI is InChI=1S/C21H29ClN5O3.CH4O4S/c1-5-25(12-13-27(3,4)15-16(2)28)18-8-6-17(7-9-18)23-24-21-11-10-19(26(29)30)14-20(21)22;1-5-6(2,3)4/h6-11,14,16,28H,5,12-13,15H2,1-4H3;1H3,(H,2,3,4)/q+1;/p-1. The maximum Gasteiger partial charge on any atom is 0.271 e. The monoisotopic (exact) mass is 545 g/mol. The Kier molecular flexibility index (Phi) is 12.3. The zero-order valence-corrected chi connectivity index (χ0v) is 22.4. The maximum atomic E-state index is 10.8. The first kappa shape index (κ1) is 31.4. The van der Waals surface area contributed by atoms with Crippen LogP contribution < -0.4 is 4.90 Å². The first-order valence-electron chi connectivity index (χ1n) is 10.9. The van der Waals surface area contributed by atoms with Gasteiger partial charge in [-0.3, -0.25) is 14.3 Å². The van der Waals surface area contributed by atoms with Crippen molar-refractivity contribution in [1.29, 1.82) is 0 Å². The molecule has 0 amide bonds. The van der Waals surface area contributed by atoms with Crippen molar-refractivity contribution in [3.05, 3.63) is 57.6 Å². The van der Waals surface area contributed by atoms with Crippen LogP contribution in [0.3, 0.4) is 0 Å². The molecule has 36 heavy (non-hydrogen) atoms. The summed E-state index contributed by atoms with van der Waals surface area (Å²) in [6, 6.07) is 11.8. The van der Waals surface area contributed by atoms with Crippen LogP contribution in [0.1, 0.15) is 13.8 Å². The van der Waals surface area contributed by atoms with Gasteiger partial charge in [0.05, 0.1) is 49.9 Å². The van der Waals surface area contributed by atoms with Crippen molar-refractivity contribution in [2.45, 2.75) is 20.0 Å². The SMILES string of the molecule is CCN(CC[N+](C)(C)CC(C)O)c1ccc(N=Nc2ccc([N+](=O)[O-])cc2Cl)cc1.COS(=O)(=O)[O-]. The average molecular weight is 546 g/mol. The first-order valence-corrected chi connectivity index (χ1v) is 12.6. The van der Waals surface area contributed by atoms with Gasteiger partial charge in [0.15, 0.2) is 0 Å². The third kappa shape index (κ3) is 11.8. The molecule has 0 spiro atoms. The van der Waals surface area contributed by atoms with E-state index in [0.29, 0.717) is 17.9 Å². The number of nitrogens with zero attached hydrogens (tertiary/aromatic N) is 5. The summed E-state index contributed by atoms with van der Waals surface area (Å²) in [4.78, 5) is 12.5. The highest BCUT2D eigenvalue weighted by atomic mass is 35.5. The molecule has 2 aromatic carbocycles. The van der Waals surface area contributed by atoms with Crippen LogP contribution in [-0.2, 0) is 14.6 Å². The van der Waals surface area contributed by atoms with E-state index in [9.17, 15) is 28.2 Å². The van der Waals surface area contributed by atoms with Gasteiger partial charge in [0, 0.05) is 24.4 Å². The van der Waals surface area contributed by atoms with Gasteiger partial charge in [-0.2, -0.15) is 5.11 Å². The Labute approximate surface area is 216 Å². The molecule has 0 aliphatic rings. The van der Waals surface area contributed by atoms with Gasteiger partial charge in [0.25, 0.3) is 5.69 Å². The van der Waals surface area contributed by atoms with E-state index in [1.165, 1.54) is 18.2 Å². The number of non-ortho nitro benzene ring substituents is 1. The van der Waals surface area contributed by atoms with Crippen LogP contribution in [0.5, 0.6) is 0 Å². The molecule has 12 nitrogen and oxygen atoms in total. The van der Waals surface area contributed by atoms with Crippen LogP contribution in [0.15, 0.2) is 52.7 Å². The van der Waals surface area contributed by atoms with E-state index in [-0.39, 0.29) is 16.8 Å². The van der Waals surface area contributed by atoms with Crippen LogP contribution >= 0.6 is 11.6 Å². The van der Waals surface area contributed by atoms with Crippen molar-refractivity contribution in [3.8, 4) is 0 Å². The fourth-order valence-electron chi connectivity index (χ4n) is 3.20. The second-order valence-corrected chi connectivity index (χ2v) is 10.0. The van der Waals surface area contributed by atoms with Crippen LogP contribution in [0.25, 0.3) is 0 Å². The van der Waals surface area contributed by atoms with Gasteiger partial charge < -0.3 is 19.0 Å². The summed E-state index contributed by atoms with van der Waals surface area (Å²) in [5.41, 5.74) is 2.04.